The summed E-state index contributed by atoms with van der Waals surface area (Å²) in [5.41, 5.74) is 4.15. The molecule has 0 saturated heterocycles. The molecule has 0 bridgehead atoms. The van der Waals surface area contributed by atoms with E-state index in [-0.39, 0.29) is 18.4 Å². The maximum absolute atomic E-state index is 11.9. The number of hydrogen-bond acceptors (Lipinski definition) is 3. The second-order valence-corrected chi connectivity index (χ2v) is 5.52. The van der Waals surface area contributed by atoms with E-state index < -0.39 is 0 Å². The lowest BCUT2D eigenvalue weighted by atomic mass is 9.85. The molecule has 3 rings (SSSR count). The van der Waals surface area contributed by atoms with Gasteiger partial charge in [-0.15, -0.1) is 0 Å². The number of aromatic nitrogens is 2. The Bertz CT molecular complexity index is 766. The predicted octanol–water partition coefficient (Wildman–Crippen LogP) is 2.18. The lowest BCUT2D eigenvalue weighted by Crippen LogP contribution is -2.23. The first-order chi connectivity index (χ1) is 11.2. The Hall–Kier alpha value is -2.58. The molecule has 23 heavy (non-hydrogen) atoms. The summed E-state index contributed by atoms with van der Waals surface area (Å²) in [5.74, 6) is 6.58. The summed E-state index contributed by atoms with van der Waals surface area (Å²) in [7, 11) is 0. The number of anilines is 1. The van der Waals surface area contributed by atoms with Gasteiger partial charge in [0.05, 0.1) is 6.61 Å². The average molecular weight is 309 g/mol. The van der Waals surface area contributed by atoms with Gasteiger partial charge in [0, 0.05) is 35.6 Å². The number of aryl methyl sites for hydroxylation is 1. The molecule has 3 N–H and O–H groups in total. The van der Waals surface area contributed by atoms with E-state index in [1.807, 2.05) is 24.3 Å². The third-order valence-electron chi connectivity index (χ3n) is 4.01. The molecular formula is C18H19N3O2. The first-order valence-electron chi connectivity index (χ1n) is 7.79. The Labute approximate surface area is 135 Å². The molecule has 1 aliphatic rings. The molecular weight excluding hydrogens is 290 g/mol. The number of rotatable bonds is 3. The molecule has 2 aromatic rings. The van der Waals surface area contributed by atoms with Crippen molar-refractivity contribution in [2.45, 2.75) is 32.1 Å². The second kappa shape index (κ2) is 6.67. The molecule has 0 saturated carbocycles. The summed E-state index contributed by atoms with van der Waals surface area (Å²) in [5, 5.41) is 18.8. The number of H-pyrrole nitrogens is 1. The molecule has 1 aromatic carbocycles. The minimum atomic E-state index is -0.0107. The molecule has 5 nitrogen and oxygen atoms in total. The van der Waals surface area contributed by atoms with E-state index in [0.29, 0.717) is 18.7 Å². The first kappa shape index (κ1) is 15.3. The smallest absolute Gasteiger partial charge is 0.226 e. The monoisotopic (exact) mass is 309 g/mol. The van der Waals surface area contributed by atoms with E-state index in [2.05, 4.69) is 34.3 Å². The molecule has 0 spiro atoms. The molecule has 1 amide bonds. The first-order valence-corrected chi connectivity index (χ1v) is 7.79. The Balaban J connectivity index is 1.92. The van der Waals surface area contributed by atoms with Gasteiger partial charge in [0.15, 0.2) is 5.82 Å². The number of amides is 1. The summed E-state index contributed by atoms with van der Waals surface area (Å²) in [6, 6.07) is 7.94. The second-order valence-electron chi connectivity index (χ2n) is 5.52. The number of aliphatic hydroxyl groups excluding tert-OH is 1. The highest BCUT2D eigenvalue weighted by atomic mass is 16.2. The zero-order valence-corrected chi connectivity index (χ0v) is 13.0. The van der Waals surface area contributed by atoms with Gasteiger partial charge in [-0.3, -0.25) is 9.89 Å². The Morgan fingerprint density at radius 3 is 2.83 bits per heavy atom. The van der Waals surface area contributed by atoms with Crippen molar-refractivity contribution in [1.82, 2.24) is 10.2 Å². The molecule has 0 radical (unpaired) electrons. The molecule has 0 unspecified atom stereocenters. The van der Waals surface area contributed by atoms with Gasteiger partial charge in [-0.05, 0) is 24.1 Å². The quantitative estimate of drug-likeness (QED) is 0.760. The number of carbonyl (C=O) groups is 1. The summed E-state index contributed by atoms with van der Waals surface area (Å²) in [6.07, 6.45) is 1.75. The average Bonchev–Trinajstić information content (AvgIpc) is 2.98. The fourth-order valence-corrected chi connectivity index (χ4v) is 2.90. The maximum atomic E-state index is 11.9. The molecule has 0 aliphatic carbocycles. The van der Waals surface area contributed by atoms with Crippen LogP contribution in [0.1, 0.15) is 48.1 Å². The number of carbonyl (C=O) groups excluding carboxylic acids is 1. The minimum Gasteiger partial charge on any atom is -0.395 e. The number of nitrogens with one attached hydrogen (secondary N) is 2. The predicted molar refractivity (Wildman–Crippen MR) is 88.1 cm³/mol. The number of fused-ring (bicyclic) bond motifs is 1. The van der Waals surface area contributed by atoms with E-state index >= 15 is 0 Å². The van der Waals surface area contributed by atoms with Crippen LogP contribution in [-0.4, -0.2) is 27.8 Å². The van der Waals surface area contributed by atoms with Gasteiger partial charge in [0.2, 0.25) is 5.91 Å². The summed E-state index contributed by atoms with van der Waals surface area (Å²) in [4.78, 5) is 11.9. The molecule has 0 fully saturated rings. The van der Waals surface area contributed by atoms with Crippen LogP contribution >= 0.6 is 0 Å². The molecule has 118 valence electrons. The van der Waals surface area contributed by atoms with Crippen LogP contribution in [-0.2, 0) is 11.2 Å². The number of benzene rings is 1. The van der Waals surface area contributed by atoms with Gasteiger partial charge in [0.25, 0.3) is 0 Å². The summed E-state index contributed by atoms with van der Waals surface area (Å²) >= 11 is 0. The number of aromatic amines is 1. The van der Waals surface area contributed by atoms with Crippen LogP contribution < -0.4 is 5.32 Å². The van der Waals surface area contributed by atoms with Gasteiger partial charge >= 0.3 is 0 Å². The van der Waals surface area contributed by atoms with Crippen LogP contribution in [0.15, 0.2) is 24.3 Å². The standard InChI is InChI=1S/C18H19N3O2/c1-2-15-17-14(11-16(23)19-18(17)21-20-15)13-8-6-12(7-9-13)5-3-4-10-22/h6-9,14,22H,2,4,10-11H2,1H3,(H2,19,20,21,23)/t14-/m0/s1. The van der Waals surface area contributed by atoms with Crippen LogP contribution in [0.5, 0.6) is 0 Å². The van der Waals surface area contributed by atoms with Crippen LogP contribution in [0.25, 0.3) is 0 Å². The van der Waals surface area contributed by atoms with Crippen LogP contribution in [0.2, 0.25) is 0 Å². The zero-order valence-electron chi connectivity index (χ0n) is 13.0. The Morgan fingerprint density at radius 1 is 1.35 bits per heavy atom. The van der Waals surface area contributed by atoms with Crippen molar-refractivity contribution in [3.63, 3.8) is 0 Å². The van der Waals surface area contributed by atoms with E-state index in [1.54, 1.807) is 0 Å². The van der Waals surface area contributed by atoms with Gasteiger partial charge < -0.3 is 10.4 Å². The number of nitrogens with zero attached hydrogens (tertiary/aromatic N) is 1. The third-order valence-corrected chi connectivity index (χ3v) is 4.01. The van der Waals surface area contributed by atoms with E-state index in [0.717, 1.165) is 28.8 Å². The highest BCUT2D eigenvalue weighted by molar-refractivity contribution is 5.94. The normalized spacial score (nSPS) is 16.3. The van der Waals surface area contributed by atoms with Crippen molar-refractivity contribution in [2.24, 2.45) is 0 Å². The summed E-state index contributed by atoms with van der Waals surface area (Å²) < 4.78 is 0. The SMILES string of the molecule is CCc1[nH]nc2c1[C@H](c1ccc(C#CCCO)cc1)CC(=O)N2. The Kier molecular flexibility index (Phi) is 4.45. The highest BCUT2D eigenvalue weighted by Crippen LogP contribution is 2.38. The van der Waals surface area contributed by atoms with Crippen molar-refractivity contribution in [2.75, 3.05) is 11.9 Å². The Morgan fingerprint density at radius 2 is 2.13 bits per heavy atom. The number of hydrogen-bond donors (Lipinski definition) is 3. The van der Waals surface area contributed by atoms with Gasteiger partial charge in [0.1, 0.15) is 0 Å². The third kappa shape index (κ3) is 3.13. The lowest BCUT2D eigenvalue weighted by molar-refractivity contribution is -0.116. The van der Waals surface area contributed by atoms with Crippen molar-refractivity contribution in [3.8, 4) is 11.8 Å². The number of aliphatic hydroxyl groups is 1. The van der Waals surface area contributed by atoms with Crippen LogP contribution in [0, 0.1) is 11.8 Å². The van der Waals surface area contributed by atoms with Crippen molar-refractivity contribution in [1.29, 1.82) is 0 Å². The molecule has 1 atom stereocenters. The van der Waals surface area contributed by atoms with E-state index in [9.17, 15) is 4.79 Å². The van der Waals surface area contributed by atoms with E-state index in [4.69, 9.17) is 5.11 Å². The fraction of sp³-hybridized carbons (Fsp3) is 0.333. The zero-order chi connectivity index (χ0) is 16.2. The topological polar surface area (TPSA) is 78.0 Å². The molecule has 2 heterocycles. The van der Waals surface area contributed by atoms with Crippen molar-refractivity contribution in [3.05, 3.63) is 46.6 Å². The molecule has 5 heteroatoms. The van der Waals surface area contributed by atoms with Gasteiger partial charge in [-0.1, -0.05) is 30.9 Å². The largest absolute Gasteiger partial charge is 0.395 e. The molecule has 1 aromatic heterocycles. The van der Waals surface area contributed by atoms with Crippen LogP contribution in [0.3, 0.4) is 0 Å². The van der Waals surface area contributed by atoms with Crippen molar-refractivity contribution < 1.29 is 9.90 Å². The fourth-order valence-electron chi connectivity index (χ4n) is 2.90. The minimum absolute atomic E-state index is 0.0107. The van der Waals surface area contributed by atoms with Crippen LogP contribution in [0.4, 0.5) is 5.82 Å². The highest BCUT2D eigenvalue weighted by Gasteiger charge is 2.30. The lowest BCUT2D eigenvalue weighted by Gasteiger charge is -2.23. The van der Waals surface area contributed by atoms with Gasteiger partial charge in [-0.2, -0.15) is 5.10 Å². The van der Waals surface area contributed by atoms with Gasteiger partial charge in [-0.25, -0.2) is 0 Å². The van der Waals surface area contributed by atoms with Crippen molar-refractivity contribution >= 4 is 11.7 Å². The van der Waals surface area contributed by atoms with E-state index in [1.165, 1.54) is 0 Å². The maximum Gasteiger partial charge on any atom is 0.226 e. The molecule has 1 aliphatic heterocycles. The summed E-state index contributed by atoms with van der Waals surface area (Å²) in [6.45, 7) is 2.15.